The number of hydrogen-bond acceptors (Lipinski definition) is 3. The van der Waals surface area contributed by atoms with Gasteiger partial charge >= 0.3 is 5.97 Å². The molecule has 0 fully saturated rings. The number of likely N-dealkylation sites (N-methyl/N-ethyl adjacent to an activating group) is 1. The van der Waals surface area contributed by atoms with E-state index in [1.165, 1.54) is 6.08 Å². The first-order valence-corrected chi connectivity index (χ1v) is 5.17. The van der Waals surface area contributed by atoms with Crippen molar-refractivity contribution in [2.45, 2.75) is 19.4 Å². The molecule has 1 N–H and O–H groups in total. The van der Waals surface area contributed by atoms with E-state index in [0.717, 1.165) is 24.0 Å². The summed E-state index contributed by atoms with van der Waals surface area (Å²) in [7, 11) is 4.10. The average molecular weight is 252 g/mol. The van der Waals surface area contributed by atoms with Crippen molar-refractivity contribution in [3.05, 3.63) is 12.7 Å². The van der Waals surface area contributed by atoms with E-state index in [9.17, 15) is 4.79 Å². The number of halogens is 1. The first kappa shape index (κ1) is 17.8. The van der Waals surface area contributed by atoms with Gasteiger partial charge in [0.05, 0.1) is 20.6 Å². The van der Waals surface area contributed by atoms with Crippen LogP contribution in [0.2, 0.25) is 0 Å². The number of ether oxygens (including phenoxy) is 1. The number of carbonyl (C=O) groups excluding carboxylic acids is 1. The number of carbonyl (C=O) groups is 1. The molecule has 0 aromatic carbocycles. The van der Waals surface area contributed by atoms with Crippen molar-refractivity contribution in [2.24, 2.45) is 0 Å². The second-order valence-corrected chi connectivity index (χ2v) is 4.37. The van der Waals surface area contributed by atoms with Crippen molar-refractivity contribution >= 4 is 5.97 Å². The molecular weight excluding hydrogens is 230 g/mol. The van der Waals surface area contributed by atoms with Crippen molar-refractivity contribution in [3.63, 3.8) is 0 Å². The van der Waals surface area contributed by atoms with Gasteiger partial charge in [0, 0.05) is 19.1 Å². The monoisotopic (exact) mass is 251 g/mol. The van der Waals surface area contributed by atoms with Crippen LogP contribution >= 0.6 is 0 Å². The lowest BCUT2D eigenvalue weighted by molar-refractivity contribution is -0.893. The predicted molar refractivity (Wildman–Crippen MR) is 59.3 cm³/mol. The minimum atomic E-state index is -0.385. The summed E-state index contributed by atoms with van der Waals surface area (Å²) < 4.78 is 5.81. The van der Waals surface area contributed by atoms with Crippen molar-refractivity contribution in [1.82, 2.24) is 0 Å². The third-order valence-corrected chi connectivity index (χ3v) is 2.16. The number of aliphatic hydroxyl groups excluding tert-OH is 1. The summed E-state index contributed by atoms with van der Waals surface area (Å²) in [6, 6.07) is 0. The number of rotatable bonds is 7. The molecule has 4 nitrogen and oxygen atoms in total. The number of aliphatic hydroxyl groups is 1. The highest BCUT2D eigenvalue weighted by Gasteiger charge is 2.20. The Morgan fingerprint density at radius 1 is 1.56 bits per heavy atom. The molecule has 0 rings (SSSR count). The van der Waals surface area contributed by atoms with Crippen molar-refractivity contribution in [2.75, 3.05) is 33.8 Å². The molecule has 0 spiro atoms. The minimum Gasteiger partial charge on any atom is -1.00 e. The largest absolute Gasteiger partial charge is 1.00 e. The summed E-state index contributed by atoms with van der Waals surface area (Å²) in [5.41, 5.74) is 0. The molecule has 96 valence electrons. The van der Waals surface area contributed by atoms with Crippen LogP contribution in [0.1, 0.15) is 13.3 Å². The molecular formula is C11H22ClNO3. The van der Waals surface area contributed by atoms with E-state index in [1.54, 1.807) is 0 Å². The van der Waals surface area contributed by atoms with E-state index in [1.807, 2.05) is 21.0 Å². The standard InChI is InChI=1S/C11H22NO3.ClH/c1-5-11(14)15-10(2)9-12(3,4)7-6-8-13;/h5,10,13H,1,6-9H2,2-4H3;1H/q+1;/p-1. The highest BCUT2D eigenvalue weighted by atomic mass is 35.5. The fraction of sp³-hybridized carbons (Fsp3) is 0.727. The number of esters is 1. The van der Waals surface area contributed by atoms with E-state index in [4.69, 9.17) is 9.84 Å². The van der Waals surface area contributed by atoms with Crippen LogP contribution in [0, 0.1) is 0 Å². The second kappa shape index (κ2) is 8.56. The van der Waals surface area contributed by atoms with Gasteiger partial charge in [-0.05, 0) is 6.92 Å². The van der Waals surface area contributed by atoms with Crippen LogP contribution in [0.5, 0.6) is 0 Å². The molecule has 1 unspecified atom stereocenters. The molecule has 0 bridgehead atoms. The molecule has 0 saturated heterocycles. The lowest BCUT2D eigenvalue weighted by atomic mass is 10.3. The maximum atomic E-state index is 10.9. The SMILES string of the molecule is C=CC(=O)OC(C)C[N+](C)(C)CCCO.[Cl-]. The highest BCUT2D eigenvalue weighted by Crippen LogP contribution is 2.04. The van der Waals surface area contributed by atoms with Gasteiger partial charge in [-0.15, -0.1) is 0 Å². The Bertz CT molecular complexity index is 219. The molecule has 0 heterocycles. The van der Waals surface area contributed by atoms with Gasteiger partial charge in [-0.3, -0.25) is 0 Å². The van der Waals surface area contributed by atoms with E-state index >= 15 is 0 Å². The van der Waals surface area contributed by atoms with E-state index in [0.29, 0.717) is 0 Å². The Labute approximate surface area is 104 Å². The summed E-state index contributed by atoms with van der Waals surface area (Å²) in [4.78, 5) is 10.9. The van der Waals surface area contributed by atoms with Crippen molar-refractivity contribution < 1.29 is 31.5 Å². The lowest BCUT2D eigenvalue weighted by Crippen LogP contribution is -3.00. The first-order valence-electron chi connectivity index (χ1n) is 5.17. The van der Waals surface area contributed by atoms with Gasteiger partial charge in [0.1, 0.15) is 12.6 Å². The summed E-state index contributed by atoms with van der Waals surface area (Å²) in [5.74, 6) is -0.385. The maximum absolute atomic E-state index is 10.9. The van der Waals surface area contributed by atoms with Gasteiger partial charge in [-0.1, -0.05) is 6.58 Å². The van der Waals surface area contributed by atoms with Gasteiger partial charge in [0.25, 0.3) is 0 Å². The summed E-state index contributed by atoms with van der Waals surface area (Å²) in [5, 5.41) is 8.74. The Balaban J connectivity index is 0. The zero-order valence-corrected chi connectivity index (χ0v) is 11.0. The topological polar surface area (TPSA) is 46.5 Å². The van der Waals surface area contributed by atoms with Crippen LogP contribution < -0.4 is 12.4 Å². The number of quaternary nitrogens is 1. The fourth-order valence-corrected chi connectivity index (χ4v) is 1.57. The Kier molecular flexibility index (Phi) is 9.52. The van der Waals surface area contributed by atoms with Crippen molar-refractivity contribution in [3.8, 4) is 0 Å². The van der Waals surface area contributed by atoms with Gasteiger partial charge in [-0.2, -0.15) is 0 Å². The van der Waals surface area contributed by atoms with E-state index in [-0.39, 0.29) is 31.1 Å². The molecule has 0 aromatic rings. The van der Waals surface area contributed by atoms with Gasteiger partial charge in [0.15, 0.2) is 0 Å². The molecule has 0 saturated carbocycles. The molecule has 0 aliphatic carbocycles. The van der Waals surface area contributed by atoms with E-state index in [2.05, 4.69) is 6.58 Å². The van der Waals surface area contributed by atoms with Crippen LogP contribution in [0.3, 0.4) is 0 Å². The molecule has 0 aliphatic heterocycles. The normalized spacial score (nSPS) is 12.5. The molecule has 0 aliphatic rings. The van der Waals surface area contributed by atoms with Crippen LogP contribution in [0.25, 0.3) is 0 Å². The van der Waals surface area contributed by atoms with Crippen LogP contribution in [0.15, 0.2) is 12.7 Å². The zero-order valence-electron chi connectivity index (χ0n) is 10.3. The Morgan fingerprint density at radius 3 is 2.56 bits per heavy atom. The maximum Gasteiger partial charge on any atom is 0.330 e. The number of nitrogens with zero attached hydrogens (tertiary/aromatic N) is 1. The highest BCUT2D eigenvalue weighted by molar-refractivity contribution is 5.81. The summed E-state index contributed by atoms with van der Waals surface area (Å²) >= 11 is 0. The van der Waals surface area contributed by atoms with Gasteiger partial charge in [0.2, 0.25) is 0 Å². The molecule has 0 radical (unpaired) electrons. The van der Waals surface area contributed by atoms with E-state index < -0.39 is 0 Å². The van der Waals surface area contributed by atoms with Gasteiger partial charge < -0.3 is 26.7 Å². The predicted octanol–water partition coefficient (Wildman–Crippen LogP) is -2.43. The van der Waals surface area contributed by atoms with Crippen molar-refractivity contribution in [1.29, 1.82) is 0 Å². The molecule has 1 atom stereocenters. The third-order valence-electron chi connectivity index (χ3n) is 2.16. The second-order valence-electron chi connectivity index (χ2n) is 4.37. The zero-order chi connectivity index (χ0) is 11.9. The van der Waals surface area contributed by atoms with Crippen LogP contribution in [0.4, 0.5) is 0 Å². The molecule has 16 heavy (non-hydrogen) atoms. The average Bonchev–Trinajstić information content (AvgIpc) is 2.13. The summed E-state index contributed by atoms with van der Waals surface area (Å²) in [6.45, 7) is 7.01. The smallest absolute Gasteiger partial charge is 0.330 e. The quantitative estimate of drug-likeness (QED) is 0.311. The lowest BCUT2D eigenvalue weighted by Gasteiger charge is -2.31. The third kappa shape index (κ3) is 8.71. The molecule has 0 amide bonds. The number of hydrogen-bond donors (Lipinski definition) is 1. The Morgan fingerprint density at radius 2 is 2.12 bits per heavy atom. The summed E-state index contributed by atoms with van der Waals surface area (Å²) in [6.07, 6.45) is 1.79. The Hall–Kier alpha value is -0.580. The fourth-order valence-electron chi connectivity index (χ4n) is 1.57. The van der Waals surface area contributed by atoms with Crippen LogP contribution in [-0.2, 0) is 9.53 Å². The van der Waals surface area contributed by atoms with Gasteiger partial charge in [-0.25, -0.2) is 4.79 Å². The van der Waals surface area contributed by atoms with Crippen LogP contribution in [-0.4, -0.2) is 55.5 Å². The molecule has 5 heteroatoms. The molecule has 0 aromatic heterocycles. The minimum absolute atomic E-state index is 0. The first-order chi connectivity index (χ1) is 6.91.